The molecule has 0 saturated carbocycles. The number of fused-ring (bicyclic) bond motifs is 2. The topological polar surface area (TPSA) is 44.8 Å². The van der Waals surface area contributed by atoms with E-state index in [9.17, 15) is 4.79 Å². The Morgan fingerprint density at radius 2 is 1.74 bits per heavy atom. The van der Waals surface area contributed by atoms with Gasteiger partial charge in [0.1, 0.15) is 0 Å². The number of aromatic nitrogens is 4. The Morgan fingerprint density at radius 1 is 1.00 bits per heavy atom. The fraction of sp³-hybridized carbons (Fsp3) is 0.176. The first-order valence-electron chi connectivity index (χ1n) is 7.29. The zero-order valence-corrected chi connectivity index (χ0v) is 14.4. The molecular weight excluding hydrogens is 356 g/mol. The van der Waals surface area contributed by atoms with Crippen LogP contribution in [0.25, 0.3) is 22.1 Å². The Hall–Kier alpha value is -2.34. The lowest BCUT2D eigenvalue weighted by molar-refractivity contribution is 0.794. The first-order valence-corrected chi connectivity index (χ1v) is 8.08. The van der Waals surface area contributed by atoms with E-state index in [-0.39, 0.29) is 5.69 Å². The summed E-state index contributed by atoms with van der Waals surface area (Å²) in [5.41, 5.74) is 5.08. The van der Waals surface area contributed by atoms with Gasteiger partial charge < -0.3 is 4.57 Å². The molecular formula is C17H15BrN4O. The van der Waals surface area contributed by atoms with E-state index >= 15 is 0 Å². The van der Waals surface area contributed by atoms with E-state index in [1.54, 1.807) is 23.2 Å². The molecule has 0 aliphatic carbocycles. The van der Waals surface area contributed by atoms with E-state index in [0.717, 1.165) is 38.6 Å². The van der Waals surface area contributed by atoms with Gasteiger partial charge in [0.15, 0.2) is 0 Å². The van der Waals surface area contributed by atoms with Gasteiger partial charge in [0.2, 0.25) is 0 Å². The predicted octanol–water partition coefficient (Wildman–Crippen LogP) is 3.04. The van der Waals surface area contributed by atoms with Gasteiger partial charge in [0.25, 0.3) is 0 Å². The average molecular weight is 371 g/mol. The number of halogens is 1. The van der Waals surface area contributed by atoms with Crippen molar-refractivity contribution < 1.29 is 0 Å². The highest BCUT2D eigenvalue weighted by atomic mass is 79.9. The Morgan fingerprint density at radius 3 is 2.57 bits per heavy atom. The van der Waals surface area contributed by atoms with Crippen LogP contribution in [0.2, 0.25) is 0 Å². The average Bonchev–Trinajstić information content (AvgIpc) is 3.03. The molecule has 0 fully saturated rings. The lowest BCUT2D eigenvalue weighted by Gasteiger charge is -2.06. The minimum atomic E-state index is -0.00455. The molecule has 0 bridgehead atoms. The van der Waals surface area contributed by atoms with Crippen molar-refractivity contribution in [2.24, 2.45) is 14.1 Å². The largest absolute Gasteiger partial charge is 0.328 e. The Kier molecular flexibility index (Phi) is 3.16. The molecule has 0 aliphatic rings. The van der Waals surface area contributed by atoms with E-state index in [0.29, 0.717) is 0 Å². The van der Waals surface area contributed by atoms with E-state index in [1.807, 2.05) is 24.5 Å². The molecule has 2 aromatic carbocycles. The number of aryl methyl sites for hydroxylation is 2. The van der Waals surface area contributed by atoms with Crippen LogP contribution in [-0.2, 0) is 20.6 Å². The van der Waals surface area contributed by atoms with Gasteiger partial charge in [-0.2, -0.15) is 0 Å². The summed E-state index contributed by atoms with van der Waals surface area (Å²) in [7, 11) is 3.60. The molecule has 0 unspecified atom stereocenters. The number of benzene rings is 2. The van der Waals surface area contributed by atoms with Crippen LogP contribution in [0.3, 0.4) is 0 Å². The van der Waals surface area contributed by atoms with E-state index in [4.69, 9.17) is 0 Å². The van der Waals surface area contributed by atoms with Crippen molar-refractivity contribution >= 4 is 38.0 Å². The van der Waals surface area contributed by atoms with Gasteiger partial charge >= 0.3 is 5.69 Å². The highest BCUT2D eigenvalue weighted by molar-refractivity contribution is 9.10. The van der Waals surface area contributed by atoms with Gasteiger partial charge in [-0.1, -0.05) is 22.0 Å². The maximum Gasteiger partial charge on any atom is 0.328 e. The third-order valence-electron chi connectivity index (χ3n) is 4.27. The molecule has 0 amide bonds. The summed E-state index contributed by atoms with van der Waals surface area (Å²) in [6.07, 6.45) is 1.85. The Balaban J connectivity index is 1.80. The monoisotopic (exact) mass is 370 g/mol. The molecule has 2 aromatic heterocycles. The van der Waals surface area contributed by atoms with Crippen molar-refractivity contribution in [1.82, 2.24) is 18.7 Å². The number of rotatable bonds is 2. The van der Waals surface area contributed by atoms with Crippen LogP contribution in [0.5, 0.6) is 0 Å². The Bertz CT molecular complexity index is 1100. The van der Waals surface area contributed by atoms with Gasteiger partial charge in [-0.25, -0.2) is 9.78 Å². The zero-order valence-electron chi connectivity index (χ0n) is 12.8. The summed E-state index contributed by atoms with van der Waals surface area (Å²) in [5.74, 6) is 0. The van der Waals surface area contributed by atoms with Crippen molar-refractivity contribution in [2.45, 2.75) is 6.54 Å². The quantitative estimate of drug-likeness (QED) is 0.544. The predicted molar refractivity (Wildman–Crippen MR) is 94.7 cm³/mol. The summed E-state index contributed by atoms with van der Waals surface area (Å²) >= 11 is 3.47. The molecule has 23 heavy (non-hydrogen) atoms. The first kappa shape index (κ1) is 14.3. The molecule has 2 heterocycles. The fourth-order valence-corrected chi connectivity index (χ4v) is 3.36. The normalized spacial score (nSPS) is 11.6. The third-order valence-corrected chi connectivity index (χ3v) is 4.77. The van der Waals surface area contributed by atoms with Crippen LogP contribution < -0.4 is 5.69 Å². The molecule has 5 nitrogen and oxygen atoms in total. The second-order valence-electron chi connectivity index (χ2n) is 5.73. The van der Waals surface area contributed by atoms with Gasteiger partial charge in [-0.05, 0) is 35.9 Å². The fourth-order valence-electron chi connectivity index (χ4n) is 3.01. The molecule has 0 spiro atoms. The molecule has 0 aliphatic heterocycles. The second-order valence-corrected chi connectivity index (χ2v) is 6.64. The molecule has 116 valence electrons. The highest BCUT2D eigenvalue weighted by Gasteiger charge is 2.09. The van der Waals surface area contributed by atoms with Crippen molar-refractivity contribution in [1.29, 1.82) is 0 Å². The minimum Gasteiger partial charge on any atom is -0.326 e. The minimum absolute atomic E-state index is 0.00455. The van der Waals surface area contributed by atoms with Crippen LogP contribution in [0.1, 0.15) is 5.56 Å². The lowest BCUT2D eigenvalue weighted by Crippen LogP contribution is -2.19. The molecule has 0 radical (unpaired) electrons. The molecule has 0 atom stereocenters. The van der Waals surface area contributed by atoms with Gasteiger partial charge in [0.05, 0.1) is 28.4 Å². The number of hydrogen-bond acceptors (Lipinski definition) is 2. The van der Waals surface area contributed by atoms with Crippen LogP contribution in [0.15, 0.2) is 52.0 Å². The summed E-state index contributed by atoms with van der Waals surface area (Å²) in [6.45, 7) is 0.719. The molecule has 4 rings (SSSR count). The number of nitrogens with zero attached hydrogens (tertiary/aromatic N) is 4. The smallest absolute Gasteiger partial charge is 0.326 e. The van der Waals surface area contributed by atoms with E-state index in [1.165, 1.54) is 0 Å². The van der Waals surface area contributed by atoms with Crippen LogP contribution in [0, 0.1) is 0 Å². The molecule has 6 heteroatoms. The van der Waals surface area contributed by atoms with Gasteiger partial charge in [-0.15, -0.1) is 0 Å². The third kappa shape index (κ3) is 2.21. The summed E-state index contributed by atoms with van der Waals surface area (Å²) in [6, 6.07) is 12.2. The molecule has 4 aromatic rings. The van der Waals surface area contributed by atoms with Crippen molar-refractivity contribution in [3.63, 3.8) is 0 Å². The number of imidazole rings is 2. The second kappa shape index (κ2) is 5.09. The van der Waals surface area contributed by atoms with Crippen molar-refractivity contribution in [3.8, 4) is 0 Å². The van der Waals surface area contributed by atoms with Crippen LogP contribution in [-0.4, -0.2) is 18.7 Å². The van der Waals surface area contributed by atoms with Gasteiger partial charge in [-0.3, -0.25) is 9.13 Å². The maximum atomic E-state index is 12.0. The van der Waals surface area contributed by atoms with Gasteiger partial charge in [0, 0.05) is 25.1 Å². The summed E-state index contributed by atoms with van der Waals surface area (Å²) < 4.78 is 6.49. The molecule has 0 saturated heterocycles. The lowest BCUT2D eigenvalue weighted by atomic mass is 10.2. The first-order chi connectivity index (χ1) is 11.0. The highest BCUT2D eigenvalue weighted by Crippen LogP contribution is 2.21. The van der Waals surface area contributed by atoms with Crippen molar-refractivity contribution in [3.05, 3.63) is 63.2 Å². The Labute approximate surface area is 140 Å². The molecule has 0 N–H and O–H groups in total. The maximum absolute atomic E-state index is 12.0. The summed E-state index contributed by atoms with van der Waals surface area (Å²) in [4.78, 5) is 16.5. The van der Waals surface area contributed by atoms with Crippen molar-refractivity contribution in [2.75, 3.05) is 0 Å². The van der Waals surface area contributed by atoms with E-state index in [2.05, 4.69) is 43.7 Å². The standard InChI is InChI=1S/C17H15BrN4O/c1-20-15-5-3-11(7-16(15)21(2)17(20)23)9-22-10-19-13-8-12(18)4-6-14(13)22/h3-8,10H,9H2,1-2H3. The zero-order chi connectivity index (χ0) is 16.1. The van der Waals surface area contributed by atoms with E-state index < -0.39 is 0 Å². The van der Waals surface area contributed by atoms with Crippen LogP contribution >= 0.6 is 15.9 Å². The van der Waals surface area contributed by atoms with Crippen LogP contribution in [0.4, 0.5) is 0 Å². The SMILES string of the molecule is Cn1c(=O)n(C)c2cc(Cn3cnc4cc(Br)ccc43)ccc21. The number of hydrogen-bond donors (Lipinski definition) is 0. The summed E-state index contributed by atoms with van der Waals surface area (Å²) in [5, 5.41) is 0.